The molecule has 2 aliphatic rings. The molecule has 0 atom stereocenters. The maximum absolute atomic E-state index is 16.3. The van der Waals surface area contributed by atoms with Gasteiger partial charge in [0.2, 0.25) is 5.43 Å². The number of ether oxygens (including phenoxy) is 2. The van der Waals surface area contributed by atoms with E-state index in [2.05, 4.69) is 4.98 Å². The Bertz CT molecular complexity index is 2190. The number of rotatable bonds is 2. The van der Waals surface area contributed by atoms with Crippen LogP contribution in [0.1, 0.15) is 21.5 Å². The molecule has 0 spiro atoms. The Morgan fingerprint density at radius 1 is 0.952 bits per heavy atom. The summed E-state index contributed by atoms with van der Waals surface area (Å²) in [6.45, 7) is 5.56. The number of benzene rings is 4. The highest BCUT2D eigenvalue weighted by Crippen LogP contribution is 2.46. The predicted octanol–water partition coefficient (Wildman–Crippen LogP) is 5.82. The van der Waals surface area contributed by atoms with Crippen molar-refractivity contribution in [2.75, 3.05) is 26.3 Å². The maximum atomic E-state index is 16.3. The van der Waals surface area contributed by atoms with Crippen molar-refractivity contribution >= 4 is 38.6 Å². The number of fused-ring (bicyclic) bond motifs is 4. The zero-order valence-corrected chi connectivity index (χ0v) is 23.0. The first-order chi connectivity index (χ1) is 20.4. The number of aromatic nitrogens is 3. The number of aryl methyl sites for hydroxylation is 2. The summed E-state index contributed by atoms with van der Waals surface area (Å²) >= 11 is 0. The monoisotopic (exact) mass is 560 g/mol. The molecule has 0 aliphatic carbocycles. The molecule has 208 valence electrons. The Hall–Kier alpha value is -5.02. The number of carbonyl (C=O) groups is 1. The van der Waals surface area contributed by atoms with E-state index < -0.39 is 17.2 Å². The average Bonchev–Trinajstić information content (AvgIpc) is 3.39. The molecule has 2 aliphatic heterocycles. The number of imidazole rings is 1. The van der Waals surface area contributed by atoms with Crippen molar-refractivity contribution in [3.05, 3.63) is 99.9 Å². The fourth-order valence-electron chi connectivity index (χ4n) is 6.05. The highest BCUT2D eigenvalue weighted by atomic mass is 19.1. The van der Waals surface area contributed by atoms with Gasteiger partial charge in [0.1, 0.15) is 23.1 Å². The van der Waals surface area contributed by atoms with Crippen molar-refractivity contribution < 1.29 is 18.7 Å². The lowest BCUT2D eigenvalue weighted by Gasteiger charge is -2.29. The molecule has 1 saturated heterocycles. The zero-order valence-electron chi connectivity index (χ0n) is 23.0. The topological polar surface area (TPSA) is 78.6 Å². The molecule has 4 heterocycles. The number of hydrogen-bond acceptors (Lipinski definition) is 5. The van der Waals surface area contributed by atoms with E-state index in [1.807, 2.05) is 62.4 Å². The zero-order chi connectivity index (χ0) is 28.7. The van der Waals surface area contributed by atoms with Gasteiger partial charge < -0.3 is 18.9 Å². The third kappa shape index (κ3) is 3.53. The Balaban J connectivity index is 1.46. The van der Waals surface area contributed by atoms with E-state index >= 15 is 4.39 Å². The third-order valence-corrected chi connectivity index (χ3v) is 8.40. The van der Waals surface area contributed by atoms with Gasteiger partial charge in [-0.25, -0.2) is 9.37 Å². The molecule has 8 nitrogen and oxygen atoms in total. The van der Waals surface area contributed by atoms with Crippen LogP contribution in [0.15, 0.2) is 71.9 Å². The van der Waals surface area contributed by atoms with Gasteiger partial charge >= 0.3 is 0 Å². The van der Waals surface area contributed by atoms with E-state index in [9.17, 15) is 9.59 Å². The van der Waals surface area contributed by atoms with Gasteiger partial charge in [-0.1, -0.05) is 24.3 Å². The smallest absolute Gasteiger partial charge is 0.259 e. The predicted molar refractivity (Wildman–Crippen MR) is 158 cm³/mol. The van der Waals surface area contributed by atoms with E-state index in [1.165, 1.54) is 6.07 Å². The van der Waals surface area contributed by atoms with E-state index in [0.717, 1.165) is 27.4 Å². The molecule has 0 saturated carbocycles. The first kappa shape index (κ1) is 24.8. The molecular formula is C33H25FN4O4. The van der Waals surface area contributed by atoms with Gasteiger partial charge in [0.05, 0.1) is 35.3 Å². The van der Waals surface area contributed by atoms with Crippen LogP contribution in [0.25, 0.3) is 44.1 Å². The Labute approximate surface area is 239 Å². The first-order valence-corrected chi connectivity index (χ1v) is 13.8. The normalized spacial score (nSPS) is 14.4. The second kappa shape index (κ2) is 8.99. The van der Waals surface area contributed by atoms with Crippen LogP contribution < -0.4 is 10.2 Å². The van der Waals surface area contributed by atoms with Gasteiger partial charge in [-0.3, -0.25) is 14.2 Å². The van der Waals surface area contributed by atoms with Gasteiger partial charge in [0, 0.05) is 19.3 Å². The average molecular weight is 561 g/mol. The van der Waals surface area contributed by atoms with E-state index in [4.69, 9.17) is 9.47 Å². The van der Waals surface area contributed by atoms with Crippen LogP contribution >= 0.6 is 0 Å². The van der Waals surface area contributed by atoms with Crippen LogP contribution in [0, 0.1) is 19.7 Å². The minimum atomic E-state index is -0.654. The molecule has 42 heavy (non-hydrogen) atoms. The first-order valence-electron chi connectivity index (χ1n) is 13.8. The van der Waals surface area contributed by atoms with Crippen molar-refractivity contribution in [3.63, 3.8) is 0 Å². The summed E-state index contributed by atoms with van der Waals surface area (Å²) in [6.07, 6.45) is 3.14. The number of morpholine rings is 1. The number of halogens is 1. The standard InChI is InChI=1S/C33H25FN4O4/c1-18-11-25-26(12-19(18)2)38(17-35-25)30-24(34)15-22-29-32(30)42-28-14-21-6-4-3-5-20(21)13-27(28)37(29)16-23(31(22)39)33(40)36-7-9-41-10-8-36/h3-6,11-17H,7-10H2,1-2H3. The molecule has 0 unspecified atom stereocenters. The van der Waals surface area contributed by atoms with Crippen LogP contribution in [0.4, 0.5) is 4.39 Å². The minimum Gasteiger partial charge on any atom is -0.451 e. The highest BCUT2D eigenvalue weighted by Gasteiger charge is 2.31. The number of pyridine rings is 1. The third-order valence-electron chi connectivity index (χ3n) is 8.40. The Kier molecular flexibility index (Phi) is 5.30. The number of hydrogen-bond donors (Lipinski definition) is 0. The van der Waals surface area contributed by atoms with Gasteiger partial charge in [-0.05, 0) is 66.1 Å². The summed E-state index contributed by atoms with van der Waals surface area (Å²) < 4.78 is 31.7. The van der Waals surface area contributed by atoms with Crippen molar-refractivity contribution in [1.29, 1.82) is 0 Å². The highest BCUT2D eigenvalue weighted by molar-refractivity contribution is 6.01. The number of nitrogens with zero attached hydrogens (tertiary/aromatic N) is 4. The SMILES string of the molecule is Cc1cc2ncn(-c3c(F)cc4c(=O)c(C(=O)N5CCOCC5)cn5c4c3Oc3cc4ccccc4cc3-5)c2cc1C. The van der Waals surface area contributed by atoms with Crippen LogP contribution in [-0.4, -0.2) is 51.2 Å². The molecule has 2 aromatic heterocycles. The molecule has 0 bridgehead atoms. The van der Waals surface area contributed by atoms with E-state index in [0.29, 0.717) is 48.8 Å². The summed E-state index contributed by atoms with van der Waals surface area (Å²) in [5, 5.41) is 1.98. The Morgan fingerprint density at radius 3 is 2.48 bits per heavy atom. The molecule has 0 radical (unpaired) electrons. The van der Waals surface area contributed by atoms with Crippen molar-refractivity contribution in [3.8, 4) is 22.9 Å². The lowest BCUT2D eigenvalue weighted by molar-refractivity contribution is 0.0302. The lowest BCUT2D eigenvalue weighted by Crippen LogP contribution is -2.42. The molecular weight excluding hydrogens is 535 g/mol. The van der Waals surface area contributed by atoms with Gasteiger partial charge in [0.15, 0.2) is 17.3 Å². The van der Waals surface area contributed by atoms with Gasteiger partial charge in [0.25, 0.3) is 5.91 Å². The largest absolute Gasteiger partial charge is 0.451 e. The van der Waals surface area contributed by atoms with E-state index in [1.54, 1.807) is 26.6 Å². The fraction of sp³-hybridized carbons (Fsp3) is 0.182. The quantitative estimate of drug-likeness (QED) is 0.266. The van der Waals surface area contributed by atoms with Crippen molar-refractivity contribution in [2.24, 2.45) is 0 Å². The fourth-order valence-corrected chi connectivity index (χ4v) is 6.05. The van der Waals surface area contributed by atoms with Gasteiger partial charge in [-0.15, -0.1) is 0 Å². The molecule has 4 aromatic carbocycles. The number of amides is 1. The second-order valence-corrected chi connectivity index (χ2v) is 10.9. The molecule has 9 heteroatoms. The summed E-state index contributed by atoms with van der Waals surface area (Å²) in [5.41, 5.74) is 4.18. The summed E-state index contributed by atoms with van der Waals surface area (Å²) in [4.78, 5) is 33.7. The Morgan fingerprint density at radius 2 is 1.69 bits per heavy atom. The second-order valence-electron chi connectivity index (χ2n) is 10.9. The van der Waals surface area contributed by atoms with Crippen molar-refractivity contribution in [1.82, 2.24) is 19.0 Å². The maximum Gasteiger partial charge on any atom is 0.259 e. The molecule has 6 aromatic rings. The molecule has 0 N–H and O–H groups in total. The summed E-state index contributed by atoms with van der Waals surface area (Å²) in [6, 6.07) is 16.9. The summed E-state index contributed by atoms with van der Waals surface area (Å²) in [7, 11) is 0. The molecule has 1 amide bonds. The van der Waals surface area contributed by atoms with Crippen LogP contribution in [-0.2, 0) is 4.74 Å². The number of carbonyl (C=O) groups excluding carboxylic acids is 1. The van der Waals surface area contributed by atoms with E-state index in [-0.39, 0.29) is 22.4 Å². The van der Waals surface area contributed by atoms with Gasteiger partial charge in [-0.2, -0.15) is 0 Å². The van der Waals surface area contributed by atoms with Crippen LogP contribution in [0.5, 0.6) is 11.5 Å². The summed E-state index contributed by atoms with van der Waals surface area (Å²) in [5.74, 6) is -0.383. The minimum absolute atomic E-state index is 0.0253. The van der Waals surface area contributed by atoms with Crippen LogP contribution in [0.3, 0.4) is 0 Å². The lowest BCUT2D eigenvalue weighted by atomic mass is 10.0. The molecule has 8 rings (SSSR count). The van der Waals surface area contributed by atoms with Crippen LogP contribution in [0.2, 0.25) is 0 Å². The van der Waals surface area contributed by atoms with Crippen molar-refractivity contribution in [2.45, 2.75) is 13.8 Å². The molecule has 1 fully saturated rings.